The lowest BCUT2D eigenvalue weighted by Gasteiger charge is -2.17. The lowest BCUT2D eigenvalue weighted by molar-refractivity contribution is 0.714. The van der Waals surface area contributed by atoms with Crippen LogP contribution in [0.15, 0.2) is 77.2 Å². The van der Waals surface area contributed by atoms with Crippen molar-refractivity contribution in [3.8, 4) is 0 Å². The van der Waals surface area contributed by atoms with E-state index in [1.165, 1.54) is 0 Å². The highest BCUT2D eigenvalue weighted by atomic mass is 32.2. The van der Waals surface area contributed by atoms with Gasteiger partial charge in [-0.3, -0.25) is 20.4 Å². The SMILES string of the molecule is c1cnc2ccc(CN3NNc4ncc(Sc5ccncc5)nc43)cc2c1. The molecule has 0 amide bonds. The molecule has 7 nitrogen and oxygen atoms in total. The van der Waals surface area contributed by atoms with E-state index in [4.69, 9.17) is 4.98 Å². The van der Waals surface area contributed by atoms with Crippen molar-refractivity contribution in [1.82, 2.24) is 25.5 Å². The minimum atomic E-state index is 0.656. The molecule has 0 bridgehead atoms. The van der Waals surface area contributed by atoms with E-state index in [2.05, 4.69) is 44.1 Å². The van der Waals surface area contributed by atoms with E-state index in [1.807, 2.05) is 35.5 Å². The predicted molar refractivity (Wildman–Crippen MR) is 105 cm³/mol. The number of hydrogen-bond acceptors (Lipinski definition) is 8. The van der Waals surface area contributed by atoms with Crippen molar-refractivity contribution < 1.29 is 0 Å². The molecule has 0 saturated carbocycles. The Labute approximate surface area is 159 Å². The van der Waals surface area contributed by atoms with E-state index in [9.17, 15) is 0 Å². The fourth-order valence-corrected chi connectivity index (χ4v) is 3.65. The molecular formula is C19H15N7S. The van der Waals surface area contributed by atoms with Gasteiger partial charge in [0.1, 0.15) is 5.03 Å². The zero-order valence-corrected chi connectivity index (χ0v) is 15.0. The van der Waals surface area contributed by atoms with Gasteiger partial charge in [0.05, 0.1) is 18.3 Å². The zero-order chi connectivity index (χ0) is 18.1. The number of pyridine rings is 2. The molecule has 1 aliphatic heterocycles. The maximum absolute atomic E-state index is 4.76. The second-order valence-corrected chi connectivity index (χ2v) is 7.11. The number of hydrazine groups is 2. The topological polar surface area (TPSA) is 78.9 Å². The van der Waals surface area contributed by atoms with E-state index in [0.717, 1.165) is 38.0 Å². The standard InChI is InChI=1S/C19H15N7S/c1-2-14-10-13(3-4-16(14)21-7-1)12-26-19-18(24-25-26)22-11-17(23-19)27-15-5-8-20-9-6-15/h1-11,25H,12H2,(H,22,24). The van der Waals surface area contributed by atoms with E-state index < -0.39 is 0 Å². The van der Waals surface area contributed by atoms with Crippen LogP contribution in [0.25, 0.3) is 10.9 Å². The molecule has 1 aliphatic rings. The molecule has 0 spiro atoms. The van der Waals surface area contributed by atoms with Gasteiger partial charge in [-0.2, -0.15) is 0 Å². The van der Waals surface area contributed by atoms with Crippen molar-refractivity contribution in [2.24, 2.45) is 0 Å². The van der Waals surface area contributed by atoms with E-state index in [1.54, 1.807) is 30.4 Å². The fourth-order valence-electron chi connectivity index (χ4n) is 2.91. The van der Waals surface area contributed by atoms with Gasteiger partial charge in [-0.15, -0.1) is 5.53 Å². The highest BCUT2D eigenvalue weighted by Crippen LogP contribution is 2.31. The second-order valence-electron chi connectivity index (χ2n) is 6.02. The van der Waals surface area contributed by atoms with Crippen LogP contribution in [0.5, 0.6) is 0 Å². The number of aromatic nitrogens is 4. The Hall–Kier alpha value is -3.23. The van der Waals surface area contributed by atoms with Crippen LogP contribution >= 0.6 is 11.8 Å². The van der Waals surface area contributed by atoms with Crippen LogP contribution in [-0.4, -0.2) is 19.9 Å². The molecule has 0 atom stereocenters. The van der Waals surface area contributed by atoms with E-state index in [-0.39, 0.29) is 0 Å². The number of anilines is 2. The first-order valence-corrected chi connectivity index (χ1v) is 9.25. The van der Waals surface area contributed by atoms with Crippen LogP contribution < -0.4 is 16.0 Å². The van der Waals surface area contributed by atoms with E-state index >= 15 is 0 Å². The molecule has 5 rings (SSSR count). The first-order chi connectivity index (χ1) is 13.3. The van der Waals surface area contributed by atoms with Crippen molar-refractivity contribution >= 4 is 34.3 Å². The monoisotopic (exact) mass is 373 g/mol. The summed E-state index contributed by atoms with van der Waals surface area (Å²) >= 11 is 1.56. The zero-order valence-electron chi connectivity index (χ0n) is 14.2. The molecule has 4 aromatic rings. The summed E-state index contributed by atoms with van der Waals surface area (Å²) in [5, 5.41) is 3.91. The Bertz CT molecular complexity index is 1100. The van der Waals surface area contributed by atoms with Gasteiger partial charge < -0.3 is 0 Å². The first-order valence-electron chi connectivity index (χ1n) is 8.43. The highest BCUT2D eigenvalue weighted by molar-refractivity contribution is 7.99. The van der Waals surface area contributed by atoms with Gasteiger partial charge in [-0.1, -0.05) is 23.9 Å². The average Bonchev–Trinajstić information content (AvgIpc) is 3.11. The lowest BCUT2D eigenvalue weighted by Crippen LogP contribution is -2.35. The third kappa shape index (κ3) is 3.27. The molecule has 2 N–H and O–H groups in total. The summed E-state index contributed by atoms with van der Waals surface area (Å²) in [6, 6.07) is 14.2. The maximum atomic E-state index is 4.76. The number of hydrogen-bond donors (Lipinski definition) is 2. The molecule has 4 heterocycles. The third-order valence-corrected chi connectivity index (χ3v) is 5.09. The Morgan fingerprint density at radius 2 is 1.93 bits per heavy atom. The number of benzene rings is 1. The molecule has 8 heteroatoms. The minimum Gasteiger partial charge on any atom is -0.285 e. The summed E-state index contributed by atoms with van der Waals surface area (Å²) in [4.78, 5) is 18.7. The Kier molecular flexibility index (Phi) is 4.04. The van der Waals surface area contributed by atoms with Crippen LogP contribution in [0.4, 0.5) is 11.6 Å². The van der Waals surface area contributed by atoms with Gasteiger partial charge in [0.2, 0.25) is 0 Å². The first kappa shape index (κ1) is 16.0. The summed E-state index contributed by atoms with van der Waals surface area (Å²) in [7, 11) is 0. The normalized spacial score (nSPS) is 12.8. The summed E-state index contributed by atoms with van der Waals surface area (Å²) in [5.41, 5.74) is 8.35. The lowest BCUT2D eigenvalue weighted by atomic mass is 10.1. The number of nitrogens with one attached hydrogen (secondary N) is 2. The molecular weight excluding hydrogens is 358 g/mol. The minimum absolute atomic E-state index is 0.656. The second kappa shape index (κ2) is 6.82. The van der Waals surface area contributed by atoms with Crippen LogP contribution in [0.2, 0.25) is 0 Å². The molecule has 132 valence electrons. The van der Waals surface area contributed by atoms with Crippen molar-refractivity contribution in [2.75, 3.05) is 10.4 Å². The summed E-state index contributed by atoms with van der Waals surface area (Å²) in [6.45, 7) is 0.656. The molecule has 0 aliphatic carbocycles. The van der Waals surface area contributed by atoms with Crippen LogP contribution in [-0.2, 0) is 6.54 Å². The van der Waals surface area contributed by atoms with Gasteiger partial charge in [0.25, 0.3) is 0 Å². The van der Waals surface area contributed by atoms with Crippen molar-refractivity contribution in [2.45, 2.75) is 16.5 Å². The van der Waals surface area contributed by atoms with Crippen molar-refractivity contribution in [3.05, 3.63) is 72.8 Å². The molecule has 0 fully saturated rings. The molecule has 3 aromatic heterocycles. The summed E-state index contributed by atoms with van der Waals surface area (Å²) < 4.78 is 0. The molecule has 1 aromatic carbocycles. The van der Waals surface area contributed by atoms with Gasteiger partial charge in [-0.25, -0.2) is 9.97 Å². The fraction of sp³-hybridized carbons (Fsp3) is 0.0526. The average molecular weight is 373 g/mol. The Morgan fingerprint density at radius 1 is 1.00 bits per heavy atom. The highest BCUT2D eigenvalue weighted by Gasteiger charge is 2.22. The van der Waals surface area contributed by atoms with Gasteiger partial charge in [0.15, 0.2) is 11.6 Å². The molecule has 0 unspecified atom stereocenters. The Balaban J connectivity index is 1.40. The predicted octanol–water partition coefficient (Wildman–Crippen LogP) is 3.42. The third-order valence-electron chi connectivity index (χ3n) is 4.18. The quantitative estimate of drug-likeness (QED) is 0.563. The van der Waals surface area contributed by atoms with Crippen LogP contribution in [0, 0.1) is 0 Å². The van der Waals surface area contributed by atoms with Crippen LogP contribution in [0.1, 0.15) is 5.56 Å². The number of rotatable bonds is 4. The maximum Gasteiger partial charge on any atom is 0.190 e. The number of fused-ring (bicyclic) bond motifs is 2. The van der Waals surface area contributed by atoms with Gasteiger partial charge >= 0.3 is 0 Å². The molecule has 0 radical (unpaired) electrons. The number of nitrogens with zero attached hydrogens (tertiary/aromatic N) is 5. The van der Waals surface area contributed by atoms with Crippen molar-refractivity contribution in [3.63, 3.8) is 0 Å². The van der Waals surface area contributed by atoms with Gasteiger partial charge in [0, 0.05) is 28.9 Å². The Morgan fingerprint density at radius 3 is 2.85 bits per heavy atom. The largest absolute Gasteiger partial charge is 0.285 e. The van der Waals surface area contributed by atoms with E-state index in [0.29, 0.717) is 6.54 Å². The van der Waals surface area contributed by atoms with Crippen LogP contribution in [0.3, 0.4) is 0 Å². The summed E-state index contributed by atoms with van der Waals surface area (Å²) in [5.74, 6) is 1.50. The molecule has 0 saturated heterocycles. The molecule has 27 heavy (non-hydrogen) atoms. The van der Waals surface area contributed by atoms with Crippen molar-refractivity contribution in [1.29, 1.82) is 0 Å². The summed E-state index contributed by atoms with van der Waals surface area (Å²) in [6.07, 6.45) is 7.12. The van der Waals surface area contributed by atoms with Gasteiger partial charge in [-0.05, 0) is 35.9 Å². The smallest absolute Gasteiger partial charge is 0.190 e.